The van der Waals surface area contributed by atoms with Gasteiger partial charge in [-0.05, 0) is 47.1 Å². The fourth-order valence-corrected chi connectivity index (χ4v) is 3.85. The molecule has 178 valence electrons. The van der Waals surface area contributed by atoms with E-state index in [1.165, 1.54) is 24.8 Å². The highest BCUT2D eigenvalue weighted by Crippen LogP contribution is 2.38. The summed E-state index contributed by atoms with van der Waals surface area (Å²) in [5.41, 5.74) is 3.25. The molecular weight excluding hydrogens is 426 g/mol. The summed E-state index contributed by atoms with van der Waals surface area (Å²) in [6.45, 7) is 10.8. The number of rotatable bonds is 9. The molecule has 9 nitrogen and oxygen atoms in total. The van der Waals surface area contributed by atoms with Crippen LogP contribution in [0.4, 0.5) is 5.69 Å². The van der Waals surface area contributed by atoms with Crippen LogP contribution in [0.3, 0.4) is 0 Å². The number of phenols is 1. The van der Waals surface area contributed by atoms with Crippen LogP contribution in [0.5, 0.6) is 17.2 Å². The van der Waals surface area contributed by atoms with Crippen molar-refractivity contribution in [3.63, 3.8) is 0 Å². The van der Waals surface area contributed by atoms with Crippen molar-refractivity contribution >= 4 is 17.8 Å². The van der Waals surface area contributed by atoms with E-state index in [1.54, 1.807) is 0 Å². The number of nitrogens with zero attached hydrogens (tertiary/aromatic N) is 2. The highest BCUT2D eigenvalue weighted by molar-refractivity contribution is 5.89. The van der Waals surface area contributed by atoms with Crippen LogP contribution in [0, 0.1) is 15.5 Å². The maximum Gasteiger partial charge on any atom is 0.323 e. The van der Waals surface area contributed by atoms with Gasteiger partial charge in [-0.2, -0.15) is 5.10 Å². The molecule has 0 heterocycles. The number of carbonyl (C=O) groups is 1. The number of ether oxygens (including phenoxy) is 2. The summed E-state index contributed by atoms with van der Waals surface area (Å²) in [5.74, 6) is -0.639. The number of aromatic hydroxyl groups is 1. The van der Waals surface area contributed by atoms with Crippen LogP contribution in [0.1, 0.15) is 52.2 Å². The minimum absolute atomic E-state index is 0.00237. The number of benzene rings is 2. The summed E-state index contributed by atoms with van der Waals surface area (Å²) in [6, 6.07) is 10.2. The quantitative estimate of drug-likeness (QED) is 0.323. The second kappa shape index (κ2) is 10.3. The van der Waals surface area contributed by atoms with Gasteiger partial charge in [-0.25, -0.2) is 5.43 Å². The Balaban J connectivity index is 1.97. The van der Waals surface area contributed by atoms with Gasteiger partial charge in [0.1, 0.15) is 5.75 Å². The number of nitro benzene ring substituents is 1. The number of carbonyl (C=O) groups excluding carboxylic acids is 1. The van der Waals surface area contributed by atoms with Gasteiger partial charge in [0.2, 0.25) is 5.75 Å². The Morgan fingerprint density at radius 1 is 1.15 bits per heavy atom. The van der Waals surface area contributed by atoms with Crippen molar-refractivity contribution in [2.75, 3.05) is 13.7 Å². The molecule has 0 fully saturated rings. The van der Waals surface area contributed by atoms with Gasteiger partial charge in [0, 0.05) is 0 Å². The first-order valence-corrected chi connectivity index (χ1v) is 10.4. The van der Waals surface area contributed by atoms with Crippen LogP contribution in [0.25, 0.3) is 0 Å². The van der Waals surface area contributed by atoms with Gasteiger partial charge in [-0.3, -0.25) is 14.9 Å². The molecule has 0 atom stereocenters. The third-order valence-electron chi connectivity index (χ3n) is 4.90. The molecule has 0 spiro atoms. The molecule has 0 bridgehead atoms. The van der Waals surface area contributed by atoms with E-state index < -0.39 is 16.5 Å². The van der Waals surface area contributed by atoms with Crippen molar-refractivity contribution in [2.45, 2.75) is 46.5 Å². The first-order chi connectivity index (χ1) is 15.3. The van der Waals surface area contributed by atoms with Gasteiger partial charge in [-0.15, -0.1) is 0 Å². The Hall–Kier alpha value is -3.62. The van der Waals surface area contributed by atoms with Crippen LogP contribution in [-0.2, 0) is 10.2 Å². The molecule has 0 aliphatic rings. The molecule has 2 rings (SSSR count). The summed E-state index contributed by atoms with van der Waals surface area (Å²) in [5, 5.41) is 24.8. The summed E-state index contributed by atoms with van der Waals surface area (Å²) < 4.78 is 10.4. The van der Waals surface area contributed by atoms with Gasteiger partial charge in [-0.1, -0.05) is 46.8 Å². The molecule has 0 saturated carbocycles. The van der Waals surface area contributed by atoms with Gasteiger partial charge in [0.05, 0.1) is 23.8 Å². The first kappa shape index (κ1) is 25.6. The summed E-state index contributed by atoms with van der Waals surface area (Å²) in [4.78, 5) is 22.6. The molecular formula is C24H31N3O6. The topological polar surface area (TPSA) is 123 Å². The van der Waals surface area contributed by atoms with Gasteiger partial charge in [0.25, 0.3) is 5.91 Å². The molecule has 9 heteroatoms. The SMILES string of the molecule is COc1c(O)ccc(C=NNC(=O)COc2ccc(C(C)(C)CC(C)(C)C)cc2)c1[N+](=O)[O-]. The van der Waals surface area contributed by atoms with Crippen LogP contribution < -0.4 is 14.9 Å². The summed E-state index contributed by atoms with van der Waals surface area (Å²) in [7, 11) is 1.21. The van der Waals surface area contributed by atoms with Gasteiger partial charge < -0.3 is 14.6 Å². The van der Waals surface area contributed by atoms with Crippen molar-refractivity contribution < 1.29 is 24.3 Å². The predicted octanol–water partition coefficient (Wildman–Crippen LogP) is 4.55. The molecule has 2 aromatic carbocycles. The smallest absolute Gasteiger partial charge is 0.323 e. The number of hydrazone groups is 1. The molecule has 33 heavy (non-hydrogen) atoms. The lowest BCUT2D eigenvalue weighted by molar-refractivity contribution is -0.386. The third-order valence-corrected chi connectivity index (χ3v) is 4.90. The predicted molar refractivity (Wildman–Crippen MR) is 126 cm³/mol. The number of nitrogens with one attached hydrogen (secondary N) is 1. The van der Waals surface area contributed by atoms with Crippen molar-refractivity contribution in [3.05, 3.63) is 57.6 Å². The van der Waals surface area contributed by atoms with Crippen molar-refractivity contribution in [3.8, 4) is 17.2 Å². The average Bonchev–Trinajstić information content (AvgIpc) is 2.71. The van der Waals surface area contributed by atoms with Gasteiger partial charge >= 0.3 is 5.69 Å². The minimum Gasteiger partial charge on any atom is -0.504 e. The third kappa shape index (κ3) is 7.20. The van der Waals surface area contributed by atoms with Crippen molar-refractivity contribution in [2.24, 2.45) is 10.5 Å². The van der Waals surface area contributed by atoms with E-state index in [-0.39, 0.29) is 34.5 Å². The number of amides is 1. The van der Waals surface area contributed by atoms with E-state index in [9.17, 15) is 20.0 Å². The lowest BCUT2D eigenvalue weighted by Crippen LogP contribution is -2.25. The number of phenolic OH excluding ortho intramolecular Hbond substituents is 1. The Labute approximate surface area is 193 Å². The molecule has 2 N–H and O–H groups in total. The molecule has 0 aliphatic heterocycles. The van der Waals surface area contributed by atoms with Crippen LogP contribution in [-0.4, -0.2) is 35.9 Å². The van der Waals surface area contributed by atoms with Crippen LogP contribution >= 0.6 is 0 Å². The second-order valence-electron chi connectivity index (χ2n) is 9.54. The highest BCUT2D eigenvalue weighted by atomic mass is 16.6. The van der Waals surface area contributed by atoms with E-state index in [1.807, 2.05) is 24.3 Å². The van der Waals surface area contributed by atoms with Gasteiger partial charge in [0.15, 0.2) is 12.4 Å². The Morgan fingerprint density at radius 3 is 2.33 bits per heavy atom. The number of hydrogen-bond donors (Lipinski definition) is 2. The molecule has 0 unspecified atom stereocenters. The van der Waals surface area contributed by atoms with E-state index in [0.717, 1.165) is 12.6 Å². The van der Waals surface area contributed by atoms with Crippen molar-refractivity contribution in [1.82, 2.24) is 5.43 Å². The summed E-state index contributed by atoms with van der Waals surface area (Å²) in [6.07, 6.45) is 2.12. The first-order valence-electron chi connectivity index (χ1n) is 10.4. The van der Waals surface area contributed by atoms with Crippen LogP contribution in [0.15, 0.2) is 41.5 Å². The molecule has 2 aromatic rings. The Bertz CT molecular complexity index is 1020. The Morgan fingerprint density at radius 2 is 1.79 bits per heavy atom. The largest absolute Gasteiger partial charge is 0.504 e. The normalized spacial score (nSPS) is 11.9. The maximum absolute atomic E-state index is 12.0. The van der Waals surface area contributed by atoms with E-state index >= 15 is 0 Å². The van der Waals surface area contributed by atoms with Crippen molar-refractivity contribution in [1.29, 1.82) is 0 Å². The molecule has 0 radical (unpaired) electrons. The molecule has 0 aliphatic carbocycles. The number of hydrogen-bond acceptors (Lipinski definition) is 7. The van der Waals surface area contributed by atoms with E-state index in [4.69, 9.17) is 9.47 Å². The standard InChI is InChI=1S/C24H31N3O6/c1-23(2,3)15-24(4,5)17-8-10-18(11-9-17)33-14-20(29)26-25-13-16-7-12-19(28)22(32-6)21(16)27(30)31/h7-13,28H,14-15H2,1-6H3,(H,26,29). The lowest BCUT2D eigenvalue weighted by Gasteiger charge is -2.33. The number of methoxy groups -OCH3 is 1. The van der Waals surface area contributed by atoms with E-state index in [0.29, 0.717) is 5.75 Å². The molecule has 0 aromatic heterocycles. The zero-order chi connectivity index (χ0) is 24.8. The Kier molecular flexibility index (Phi) is 8.03. The molecule has 0 saturated heterocycles. The highest BCUT2D eigenvalue weighted by Gasteiger charge is 2.27. The zero-order valence-corrected chi connectivity index (χ0v) is 19.8. The summed E-state index contributed by atoms with van der Waals surface area (Å²) >= 11 is 0. The minimum atomic E-state index is -0.697. The average molecular weight is 458 g/mol. The zero-order valence-electron chi connectivity index (χ0n) is 19.8. The maximum atomic E-state index is 12.0. The molecule has 1 amide bonds. The number of nitro groups is 1. The fourth-order valence-electron chi connectivity index (χ4n) is 3.85. The lowest BCUT2D eigenvalue weighted by atomic mass is 9.72. The monoisotopic (exact) mass is 457 g/mol. The fraction of sp³-hybridized carbons (Fsp3) is 0.417. The van der Waals surface area contributed by atoms with Crippen LogP contribution in [0.2, 0.25) is 0 Å². The second-order valence-corrected chi connectivity index (χ2v) is 9.54. The van der Waals surface area contributed by atoms with E-state index in [2.05, 4.69) is 45.1 Å².